The standard InChI is InChI=1S/C8H14FNO5/c1-3(12)10-6-7(13)5(9)4(2-11)15-8(6)14/h4-8,11,13-14H,2H2,1H3,(H,10,12)/t4?,5-,6?,7+,8?/m1/s1. The zero-order valence-corrected chi connectivity index (χ0v) is 8.13. The van der Waals surface area contributed by atoms with Gasteiger partial charge in [-0.1, -0.05) is 0 Å². The van der Waals surface area contributed by atoms with Gasteiger partial charge in [-0.2, -0.15) is 0 Å². The summed E-state index contributed by atoms with van der Waals surface area (Å²) in [5.41, 5.74) is 0. The second-order valence-electron chi connectivity index (χ2n) is 3.41. The maximum atomic E-state index is 13.3. The van der Waals surface area contributed by atoms with E-state index in [-0.39, 0.29) is 0 Å². The highest BCUT2D eigenvalue weighted by molar-refractivity contribution is 5.73. The number of ether oxygens (including phenoxy) is 1. The fourth-order valence-electron chi connectivity index (χ4n) is 1.46. The molecule has 1 saturated heterocycles. The number of hydrogen-bond donors (Lipinski definition) is 4. The molecule has 0 aliphatic carbocycles. The van der Waals surface area contributed by atoms with Crippen molar-refractivity contribution in [2.75, 3.05) is 6.61 Å². The molecule has 4 N–H and O–H groups in total. The fraction of sp³-hybridized carbons (Fsp3) is 0.875. The molecule has 88 valence electrons. The number of carbonyl (C=O) groups is 1. The van der Waals surface area contributed by atoms with Gasteiger partial charge >= 0.3 is 0 Å². The predicted octanol–water partition coefficient (Wildman–Crippen LogP) is -2.10. The average molecular weight is 223 g/mol. The lowest BCUT2D eigenvalue weighted by Crippen LogP contribution is -2.62. The van der Waals surface area contributed by atoms with E-state index in [1.165, 1.54) is 6.92 Å². The molecule has 0 spiro atoms. The van der Waals surface area contributed by atoms with Gasteiger partial charge in [-0.15, -0.1) is 0 Å². The van der Waals surface area contributed by atoms with Gasteiger partial charge in [-0.25, -0.2) is 4.39 Å². The van der Waals surface area contributed by atoms with Crippen LogP contribution in [0, 0.1) is 0 Å². The Bertz CT molecular complexity index is 239. The molecule has 0 radical (unpaired) electrons. The van der Waals surface area contributed by atoms with Crippen LogP contribution in [0.5, 0.6) is 0 Å². The van der Waals surface area contributed by atoms with Crippen LogP contribution in [-0.2, 0) is 9.53 Å². The Kier molecular flexibility index (Phi) is 3.97. The van der Waals surface area contributed by atoms with Gasteiger partial charge in [0, 0.05) is 6.92 Å². The Morgan fingerprint density at radius 2 is 2.13 bits per heavy atom. The molecular formula is C8H14FNO5. The SMILES string of the molecule is CC(=O)NC1C(O)OC(CO)[C@@H](F)[C@@H]1O. The topological polar surface area (TPSA) is 99.0 Å². The summed E-state index contributed by atoms with van der Waals surface area (Å²) in [4.78, 5) is 10.7. The van der Waals surface area contributed by atoms with Gasteiger partial charge in [0.1, 0.15) is 18.2 Å². The van der Waals surface area contributed by atoms with E-state index in [4.69, 9.17) is 5.11 Å². The number of amides is 1. The van der Waals surface area contributed by atoms with E-state index >= 15 is 0 Å². The summed E-state index contributed by atoms with van der Waals surface area (Å²) in [6.07, 6.45) is -6.27. The highest BCUT2D eigenvalue weighted by Gasteiger charge is 2.45. The number of aliphatic hydroxyl groups excluding tert-OH is 3. The maximum absolute atomic E-state index is 13.3. The van der Waals surface area contributed by atoms with Crippen molar-refractivity contribution in [2.45, 2.75) is 37.6 Å². The number of nitrogens with one attached hydrogen (secondary N) is 1. The summed E-state index contributed by atoms with van der Waals surface area (Å²) < 4.78 is 18.0. The van der Waals surface area contributed by atoms with Crippen molar-refractivity contribution in [2.24, 2.45) is 0 Å². The van der Waals surface area contributed by atoms with Gasteiger partial charge in [-0.3, -0.25) is 4.79 Å². The molecule has 7 heteroatoms. The van der Waals surface area contributed by atoms with Crippen LogP contribution in [0.2, 0.25) is 0 Å². The van der Waals surface area contributed by atoms with Crippen molar-refractivity contribution < 1.29 is 29.2 Å². The molecule has 1 heterocycles. The van der Waals surface area contributed by atoms with E-state index in [1.807, 2.05) is 0 Å². The number of rotatable bonds is 2. The summed E-state index contributed by atoms with van der Waals surface area (Å²) in [7, 11) is 0. The van der Waals surface area contributed by atoms with Gasteiger partial charge in [-0.05, 0) is 0 Å². The quantitative estimate of drug-likeness (QED) is 0.430. The fourth-order valence-corrected chi connectivity index (χ4v) is 1.46. The van der Waals surface area contributed by atoms with Crippen LogP contribution in [0.25, 0.3) is 0 Å². The van der Waals surface area contributed by atoms with Crippen molar-refractivity contribution in [3.63, 3.8) is 0 Å². The molecule has 0 aromatic carbocycles. The maximum Gasteiger partial charge on any atom is 0.217 e. The van der Waals surface area contributed by atoms with Crippen LogP contribution in [0.3, 0.4) is 0 Å². The predicted molar refractivity (Wildman–Crippen MR) is 46.5 cm³/mol. The third-order valence-electron chi connectivity index (χ3n) is 2.22. The van der Waals surface area contributed by atoms with Crippen molar-refractivity contribution in [1.82, 2.24) is 5.32 Å². The summed E-state index contributed by atoms with van der Waals surface area (Å²) >= 11 is 0. The summed E-state index contributed by atoms with van der Waals surface area (Å²) in [5, 5.41) is 29.6. The summed E-state index contributed by atoms with van der Waals surface area (Å²) in [6, 6.07) is -1.22. The van der Waals surface area contributed by atoms with Crippen LogP contribution in [0.1, 0.15) is 6.92 Å². The zero-order valence-electron chi connectivity index (χ0n) is 8.13. The molecule has 6 nitrogen and oxygen atoms in total. The highest BCUT2D eigenvalue weighted by Crippen LogP contribution is 2.22. The third-order valence-corrected chi connectivity index (χ3v) is 2.22. The van der Waals surface area contributed by atoms with Gasteiger partial charge in [0.05, 0.1) is 6.61 Å². The smallest absolute Gasteiger partial charge is 0.217 e. The van der Waals surface area contributed by atoms with E-state index < -0.39 is 43.2 Å². The van der Waals surface area contributed by atoms with E-state index in [1.54, 1.807) is 0 Å². The molecule has 0 aromatic rings. The monoisotopic (exact) mass is 223 g/mol. The van der Waals surface area contributed by atoms with Gasteiger partial charge < -0.3 is 25.4 Å². The molecule has 1 rings (SSSR count). The van der Waals surface area contributed by atoms with Crippen LogP contribution in [0.15, 0.2) is 0 Å². The zero-order chi connectivity index (χ0) is 11.6. The molecule has 1 fully saturated rings. The normalized spacial score (nSPS) is 41.3. The lowest BCUT2D eigenvalue weighted by Gasteiger charge is -2.38. The first-order chi connectivity index (χ1) is 6.97. The molecule has 1 aliphatic rings. The Hall–Kier alpha value is -0.760. The highest BCUT2D eigenvalue weighted by atomic mass is 19.1. The first-order valence-corrected chi connectivity index (χ1v) is 4.51. The van der Waals surface area contributed by atoms with Crippen molar-refractivity contribution >= 4 is 5.91 Å². The van der Waals surface area contributed by atoms with Crippen molar-refractivity contribution in [1.29, 1.82) is 0 Å². The molecule has 3 unspecified atom stereocenters. The summed E-state index contributed by atoms with van der Waals surface area (Å²) in [5.74, 6) is -0.517. The molecule has 15 heavy (non-hydrogen) atoms. The Labute approximate surface area is 85.7 Å². The van der Waals surface area contributed by atoms with Gasteiger partial charge in [0.25, 0.3) is 0 Å². The average Bonchev–Trinajstić information content (AvgIpc) is 2.18. The molecule has 1 aliphatic heterocycles. The Morgan fingerprint density at radius 3 is 2.60 bits per heavy atom. The lowest BCUT2D eigenvalue weighted by atomic mass is 9.98. The summed E-state index contributed by atoms with van der Waals surface area (Å²) in [6.45, 7) is 0.521. The van der Waals surface area contributed by atoms with Crippen molar-refractivity contribution in [3.8, 4) is 0 Å². The first-order valence-electron chi connectivity index (χ1n) is 4.51. The minimum atomic E-state index is -1.85. The third kappa shape index (κ3) is 2.63. The molecule has 1 amide bonds. The van der Waals surface area contributed by atoms with Gasteiger partial charge in [0.15, 0.2) is 12.5 Å². The van der Waals surface area contributed by atoms with Crippen LogP contribution < -0.4 is 5.32 Å². The molecule has 0 saturated carbocycles. The van der Waals surface area contributed by atoms with E-state index in [0.29, 0.717) is 0 Å². The molecule has 0 bridgehead atoms. The van der Waals surface area contributed by atoms with Crippen molar-refractivity contribution in [3.05, 3.63) is 0 Å². The number of alkyl halides is 1. The van der Waals surface area contributed by atoms with Gasteiger partial charge in [0.2, 0.25) is 5.91 Å². The largest absolute Gasteiger partial charge is 0.394 e. The molecular weight excluding hydrogens is 209 g/mol. The number of aliphatic hydroxyl groups is 3. The Balaban J connectivity index is 2.70. The number of carbonyl (C=O) groups excluding carboxylic acids is 1. The van der Waals surface area contributed by atoms with Crippen LogP contribution in [-0.4, -0.2) is 58.5 Å². The molecule has 5 atom stereocenters. The Morgan fingerprint density at radius 1 is 1.53 bits per heavy atom. The van der Waals surface area contributed by atoms with Crippen LogP contribution in [0.4, 0.5) is 4.39 Å². The van der Waals surface area contributed by atoms with E-state index in [0.717, 1.165) is 0 Å². The first kappa shape index (κ1) is 12.3. The van der Waals surface area contributed by atoms with Crippen LogP contribution >= 0.6 is 0 Å². The van der Waals surface area contributed by atoms with E-state index in [9.17, 15) is 19.4 Å². The number of hydrogen-bond acceptors (Lipinski definition) is 5. The second kappa shape index (κ2) is 4.84. The lowest BCUT2D eigenvalue weighted by molar-refractivity contribution is -0.240. The minimum absolute atomic E-state index is 0.517. The molecule has 0 aromatic heterocycles. The number of halogens is 1. The van der Waals surface area contributed by atoms with E-state index in [2.05, 4.69) is 10.1 Å². The minimum Gasteiger partial charge on any atom is -0.394 e. The second-order valence-corrected chi connectivity index (χ2v) is 3.41.